The van der Waals surface area contributed by atoms with Gasteiger partial charge in [0, 0.05) is 31.4 Å². The van der Waals surface area contributed by atoms with Gasteiger partial charge in [0.25, 0.3) is 0 Å². The zero-order valence-electron chi connectivity index (χ0n) is 19.7. The first-order valence-corrected chi connectivity index (χ1v) is 12.2. The molecule has 5 rings (SSSR count). The number of nitrogens with zero attached hydrogens (tertiary/aromatic N) is 1. The van der Waals surface area contributed by atoms with Crippen molar-refractivity contribution in [1.29, 1.82) is 0 Å². The Bertz CT molecular complexity index is 1090. The zero-order chi connectivity index (χ0) is 24.5. The molecule has 0 saturated carbocycles. The zero-order valence-corrected chi connectivity index (χ0v) is 19.7. The van der Waals surface area contributed by atoms with Crippen LogP contribution < -0.4 is 5.32 Å². The van der Waals surface area contributed by atoms with Crippen molar-refractivity contribution < 1.29 is 29.0 Å². The SMILES string of the molecule is CC(CCC(=O)N1C(C(=O)O)CC2OCCC21)NC(=O)OCC1c2ccccc2-c2ccccc21. The molecule has 8 nitrogen and oxygen atoms in total. The van der Waals surface area contributed by atoms with Gasteiger partial charge in [-0.3, -0.25) is 4.79 Å². The molecule has 0 spiro atoms. The first kappa shape index (κ1) is 23.4. The third kappa shape index (κ3) is 4.50. The Morgan fingerprint density at radius 3 is 2.43 bits per heavy atom. The van der Waals surface area contributed by atoms with Crippen LogP contribution in [-0.4, -0.2) is 65.4 Å². The van der Waals surface area contributed by atoms with Gasteiger partial charge in [-0.05, 0) is 42.0 Å². The van der Waals surface area contributed by atoms with Gasteiger partial charge < -0.3 is 24.8 Å². The van der Waals surface area contributed by atoms with Gasteiger partial charge in [-0.1, -0.05) is 48.5 Å². The monoisotopic (exact) mass is 478 g/mol. The molecule has 2 aliphatic heterocycles. The number of nitrogens with one attached hydrogen (secondary N) is 1. The predicted molar refractivity (Wildman–Crippen MR) is 128 cm³/mol. The maximum Gasteiger partial charge on any atom is 0.407 e. The molecule has 35 heavy (non-hydrogen) atoms. The fraction of sp³-hybridized carbons (Fsp3) is 0.444. The van der Waals surface area contributed by atoms with Crippen molar-refractivity contribution in [3.8, 4) is 11.1 Å². The summed E-state index contributed by atoms with van der Waals surface area (Å²) in [5.74, 6) is -1.23. The number of carboxylic acids is 1. The summed E-state index contributed by atoms with van der Waals surface area (Å²) >= 11 is 0. The second kappa shape index (κ2) is 9.70. The second-order valence-electron chi connectivity index (χ2n) is 9.57. The molecule has 2 fully saturated rings. The third-order valence-electron chi connectivity index (χ3n) is 7.40. The lowest BCUT2D eigenvalue weighted by Crippen LogP contribution is -2.45. The van der Waals surface area contributed by atoms with Gasteiger partial charge in [0.1, 0.15) is 12.6 Å². The number of amides is 2. The summed E-state index contributed by atoms with van der Waals surface area (Å²) < 4.78 is 11.2. The third-order valence-corrected chi connectivity index (χ3v) is 7.40. The average Bonchev–Trinajstić information content (AvgIpc) is 3.53. The van der Waals surface area contributed by atoms with E-state index < -0.39 is 18.1 Å². The van der Waals surface area contributed by atoms with Gasteiger partial charge in [0.15, 0.2) is 0 Å². The molecule has 184 valence electrons. The van der Waals surface area contributed by atoms with Gasteiger partial charge in [-0.15, -0.1) is 0 Å². The highest BCUT2D eigenvalue weighted by Gasteiger charge is 2.49. The number of aliphatic carboxylic acids is 1. The van der Waals surface area contributed by atoms with E-state index in [0.717, 1.165) is 11.1 Å². The van der Waals surface area contributed by atoms with E-state index in [1.54, 1.807) is 0 Å². The van der Waals surface area contributed by atoms with E-state index >= 15 is 0 Å². The summed E-state index contributed by atoms with van der Waals surface area (Å²) in [5.41, 5.74) is 4.63. The highest BCUT2D eigenvalue weighted by molar-refractivity contribution is 5.85. The van der Waals surface area contributed by atoms with Crippen LogP contribution in [0.15, 0.2) is 48.5 Å². The van der Waals surface area contributed by atoms with E-state index in [1.165, 1.54) is 16.0 Å². The normalized spacial score (nSPS) is 23.3. The molecule has 2 aromatic carbocycles. The van der Waals surface area contributed by atoms with Crippen molar-refractivity contribution in [1.82, 2.24) is 10.2 Å². The Kier molecular flexibility index (Phi) is 6.47. The number of likely N-dealkylation sites (tertiary alicyclic amines) is 1. The number of ether oxygens (including phenoxy) is 2. The van der Waals surface area contributed by atoms with Crippen molar-refractivity contribution in [2.75, 3.05) is 13.2 Å². The average molecular weight is 479 g/mol. The lowest BCUT2D eigenvalue weighted by atomic mass is 9.98. The van der Waals surface area contributed by atoms with Crippen molar-refractivity contribution in [3.63, 3.8) is 0 Å². The van der Waals surface area contributed by atoms with E-state index in [2.05, 4.69) is 29.6 Å². The van der Waals surface area contributed by atoms with Crippen LogP contribution in [0.25, 0.3) is 11.1 Å². The number of carbonyl (C=O) groups is 3. The minimum atomic E-state index is -0.999. The Morgan fingerprint density at radius 2 is 1.77 bits per heavy atom. The maximum absolute atomic E-state index is 12.9. The van der Waals surface area contributed by atoms with E-state index in [9.17, 15) is 19.5 Å². The topological polar surface area (TPSA) is 105 Å². The second-order valence-corrected chi connectivity index (χ2v) is 9.57. The number of carboxylic acid groups (broad SMARTS) is 1. The van der Waals surface area contributed by atoms with Crippen LogP contribution in [0.4, 0.5) is 4.79 Å². The van der Waals surface area contributed by atoms with Crippen LogP contribution in [0.2, 0.25) is 0 Å². The highest BCUT2D eigenvalue weighted by Crippen LogP contribution is 2.44. The molecule has 1 aliphatic carbocycles. The highest BCUT2D eigenvalue weighted by atomic mass is 16.5. The summed E-state index contributed by atoms with van der Waals surface area (Å²) in [6, 6.07) is 15.0. The van der Waals surface area contributed by atoms with Crippen molar-refractivity contribution in [2.24, 2.45) is 0 Å². The van der Waals surface area contributed by atoms with Crippen LogP contribution >= 0.6 is 0 Å². The van der Waals surface area contributed by atoms with Gasteiger partial charge in [0.05, 0.1) is 12.1 Å². The standard InChI is InChI=1S/C27H30N2O6/c1-16(10-11-25(30)29-22-12-13-34-24(22)14-23(29)26(31)32)28-27(33)35-15-21-19-8-4-2-6-17(19)18-7-3-5-9-20(18)21/h2-9,16,21-24H,10-15H2,1H3,(H,28,33)(H,31,32). The molecule has 3 aliphatic rings. The van der Waals surface area contributed by atoms with Gasteiger partial charge in [0.2, 0.25) is 5.91 Å². The first-order valence-electron chi connectivity index (χ1n) is 12.2. The van der Waals surface area contributed by atoms with Gasteiger partial charge in [-0.25, -0.2) is 9.59 Å². The molecule has 2 N–H and O–H groups in total. The molecule has 2 aromatic rings. The smallest absolute Gasteiger partial charge is 0.407 e. The minimum absolute atomic E-state index is 0.0188. The number of benzene rings is 2. The Balaban J connectivity index is 1.13. The van der Waals surface area contributed by atoms with Crippen LogP contribution in [0.1, 0.15) is 49.7 Å². The van der Waals surface area contributed by atoms with Crippen molar-refractivity contribution in [3.05, 3.63) is 59.7 Å². The summed E-state index contributed by atoms with van der Waals surface area (Å²) in [4.78, 5) is 38.5. The number of fused-ring (bicyclic) bond motifs is 4. The molecule has 0 aromatic heterocycles. The number of carbonyl (C=O) groups excluding carboxylic acids is 2. The van der Waals surface area contributed by atoms with E-state index in [1.807, 2.05) is 31.2 Å². The first-order chi connectivity index (χ1) is 16.9. The number of hydrogen-bond acceptors (Lipinski definition) is 5. The van der Waals surface area contributed by atoms with Gasteiger partial charge >= 0.3 is 12.1 Å². The van der Waals surface area contributed by atoms with Crippen molar-refractivity contribution >= 4 is 18.0 Å². The fourth-order valence-corrected chi connectivity index (χ4v) is 5.71. The lowest BCUT2D eigenvalue weighted by molar-refractivity contribution is -0.149. The summed E-state index contributed by atoms with van der Waals surface area (Å²) in [7, 11) is 0. The molecule has 2 amide bonds. The molecule has 8 heteroatoms. The molecule has 0 radical (unpaired) electrons. The summed E-state index contributed by atoms with van der Waals surface area (Å²) in [6.07, 6.45) is 0.812. The predicted octanol–water partition coefficient (Wildman–Crippen LogP) is 3.54. The Labute approximate surface area is 204 Å². The Hall–Kier alpha value is -3.39. The van der Waals surface area contributed by atoms with Crippen LogP contribution in [0.3, 0.4) is 0 Å². The van der Waals surface area contributed by atoms with Crippen LogP contribution in [0.5, 0.6) is 0 Å². The molecular weight excluding hydrogens is 448 g/mol. The maximum atomic E-state index is 12.9. The minimum Gasteiger partial charge on any atom is -0.480 e. The summed E-state index contributed by atoms with van der Waals surface area (Å²) in [5, 5.41) is 12.3. The molecule has 4 atom stereocenters. The molecule has 0 bridgehead atoms. The molecule has 2 heterocycles. The summed E-state index contributed by atoms with van der Waals surface area (Å²) in [6.45, 7) is 2.59. The van der Waals surface area contributed by atoms with E-state index in [0.29, 0.717) is 25.9 Å². The number of rotatable bonds is 7. The van der Waals surface area contributed by atoms with Crippen molar-refractivity contribution in [2.45, 2.75) is 62.8 Å². The number of alkyl carbamates (subject to hydrolysis) is 1. The van der Waals surface area contributed by atoms with E-state index in [-0.39, 0.29) is 43.0 Å². The van der Waals surface area contributed by atoms with Crippen LogP contribution in [-0.2, 0) is 19.1 Å². The molecule has 4 unspecified atom stereocenters. The quantitative estimate of drug-likeness (QED) is 0.631. The van der Waals surface area contributed by atoms with E-state index in [4.69, 9.17) is 9.47 Å². The largest absolute Gasteiger partial charge is 0.480 e. The number of hydrogen-bond donors (Lipinski definition) is 2. The van der Waals surface area contributed by atoms with Crippen LogP contribution in [0, 0.1) is 0 Å². The Morgan fingerprint density at radius 1 is 1.11 bits per heavy atom. The molecular formula is C27H30N2O6. The van der Waals surface area contributed by atoms with Gasteiger partial charge in [-0.2, -0.15) is 0 Å². The molecule has 2 saturated heterocycles. The fourth-order valence-electron chi connectivity index (χ4n) is 5.71. The lowest BCUT2D eigenvalue weighted by Gasteiger charge is -2.27.